The molecule has 9 heteroatoms. The topological polar surface area (TPSA) is 62.8 Å². The molecule has 0 amide bonds. The molecule has 6 aliphatic rings. The summed E-state index contributed by atoms with van der Waals surface area (Å²) in [5.74, 6) is -2.13. The van der Waals surface area contributed by atoms with Gasteiger partial charge in [0.1, 0.15) is 5.75 Å². The molecule has 9 rings (SSSR count). The second-order valence-corrected chi connectivity index (χ2v) is 12.4. The van der Waals surface area contributed by atoms with Gasteiger partial charge in [-0.3, -0.25) is 0 Å². The van der Waals surface area contributed by atoms with Gasteiger partial charge >= 0.3 is 0 Å². The van der Waals surface area contributed by atoms with Crippen molar-refractivity contribution in [2.24, 2.45) is 5.92 Å². The Labute approximate surface area is 259 Å². The zero-order valence-electron chi connectivity index (χ0n) is 25.9. The zero-order chi connectivity index (χ0) is 30.5. The number of benzene rings is 2. The van der Waals surface area contributed by atoms with Crippen molar-refractivity contribution in [1.82, 2.24) is 15.1 Å². The lowest BCUT2D eigenvalue weighted by Crippen LogP contribution is -2.40. The minimum absolute atomic E-state index is 0.0664. The normalized spacial score (nSPS) is 25.0. The predicted octanol–water partition coefficient (Wildman–Crippen LogP) is 7.26. The molecule has 0 radical (unpaired) electrons. The van der Waals surface area contributed by atoms with Gasteiger partial charge < -0.3 is 24.6 Å². The van der Waals surface area contributed by atoms with Crippen LogP contribution >= 0.6 is 0 Å². The van der Waals surface area contributed by atoms with Gasteiger partial charge in [-0.15, -0.1) is 11.7 Å². The van der Waals surface area contributed by atoms with E-state index in [1.807, 2.05) is 13.0 Å². The maximum atomic E-state index is 15.9. The van der Waals surface area contributed by atoms with Crippen LogP contribution in [0, 0.1) is 12.8 Å². The number of piperidine rings is 1. The maximum Gasteiger partial charge on any atom is 0.276 e. The van der Waals surface area contributed by atoms with E-state index in [0.717, 1.165) is 98.3 Å². The van der Waals surface area contributed by atoms with Gasteiger partial charge in [0.15, 0.2) is 5.82 Å². The molecule has 3 aromatic rings. The van der Waals surface area contributed by atoms with Crippen LogP contribution in [0.3, 0.4) is 0 Å². The highest BCUT2D eigenvalue weighted by Crippen LogP contribution is 2.43. The molecule has 6 aliphatic heterocycles. The molecule has 7 nitrogen and oxygen atoms in total. The van der Waals surface area contributed by atoms with E-state index in [-0.39, 0.29) is 5.56 Å². The van der Waals surface area contributed by atoms with Crippen LogP contribution in [0.5, 0.6) is 5.75 Å². The van der Waals surface area contributed by atoms with Crippen LogP contribution in [0.25, 0.3) is 10.8 Å². The summed E-state index contributed by atoms with van der Waals surface area (Å²) >= 11 is 0. The Morgan fingerprint density at radius 2 is 1.68 bits per heavy atom. The molecule has 2 aromatic carbocycles. The van der Waals surface area contributed by atoms with Crippen molar-refractivity contribution in [2.75, 3.05) is 62.8 Å². The minimum atomic E-state index is -2.90. The highest BCUT2D eigenvalue weighted by Gasteiger charge is 2.42. The molecule has 0 aliphatic carbocycles. The Hall–Kier alpha value is -3.30. The van der Waals surface area contributed by atoms with E-state index in [9.17, 15) is 0 Å². The van der Waals surface area contributed by atoms with Crippen molar-refractivity contribution >= 4 is 22.3 Å². The van der Waals surface area contributed by atoms with Gasteiger partial charge in [0.25, 0.3) is 5.92 Å². The van der Waals surface area contributed by atoms with Crippen molar-refractivity contribution in [3.05, 3.63) is 65.9 Å². The van der Waals surface area contributed by atoms with E-state index >= 15 is 8.78 Å². The van der Waals surface area contributed by atoms with Crippen LogP contribution < -0.4 is 15.0 Å². The first-order valence-electron chi connectivity index (χ1n) is 16.3. The molecular weight excluding hydrogens is 560 g/mol. The summed E-state index contributed by atoms with van der Waals surface area (Å²) in [6, 6.07) is 10.6. The predicted molar refractivity (Wildman–Crippen MR) is 172 cm³/mol. The van der Waals surface area contributed by atoms with E-state index in [2.05, 4.69) is 44.0 Å². The van der Waals surface area contributed by atoms with Crippen molar-refractivity contribution < 1.29 is 18.3 Å². The number of hydrogen-bond donors (Lipinski definition) is 1. The molecule has 44 heavy (non-hydrogen) atoms. The lowest BCUT2D eigenvalue weighted by atomic mass is 9.85. The number of ether oxygens (including phenoxy) is 2. The van der Waals surface area contributed by atoms with Crippen molar-refractivity contribution in [2.45, 2.75) is 63.8 Å². The molecule has 0 unspecified atom stereocenters. The van der Waals surface area contributed by atoms with Gasteiger partial charge in [0.05, 0.1) is 37.2 Å². The van der Waals surface area contributed by atoms with Crippen LogP contribution in [0.2, 0.25) is 0 Å². The highest BCUT2D eigenvalue weighted by atomic mass is 19.3. The highest BCUT2D eigenvalue weighted by molar-refractivity contribution is 5.97. The van der Waals surface area contributed by atoms with E-state index in [1.165, 1.54) is 0 Å². The number of alkyl halides is 2. The summed E-state index contributed by atoms with van der Waals surface area (Å²) in [5, 5.41) is 14.3. The Balaban J connectivity index is 1.38. The molecule has 8 bridgehead atoms. The fraction of sp³-hybridized carbons (Fsp3) is 0.543. The molecule has 1 aromatic heterocycles. The quantitative estimate of drug-likeness (QED) is 0.309. The van der Waals surface area contributed by atoms with Crippen molar-refractivity contribution in [3.63, 3.8) is 0 Å². The Morgan fingerprint density at radius 1 is 0.909 bits per heavy atom. The number of nitrogens with zero attached hydrogens (tertiary/aromatic N) is 4. The van der Waals surface area contributed by atoms with Crippen LogP contribution in [0.15, 0.2) is 49.1 Å². The van der Waals surface area contributed by atoms with Gasteiger partial charge in [0, 0.05) is 35.3 Å². The minimum Gasteiger partial charge on any atom is -0.491 e. The van der Waals surface area contributed by atoms with Crippen LogP contribution in [-0.2, 0) is 10.7 Å². The number of aromatic nitrogens is 2. The summed E-state index contributed by atoms with van der Waals surface area (Å²) in [7, 11) is 0. The van der Waals surface area contributed by atoms with Crippen LogP contribution in [0.4, 0.5) is 20.3 Å². The molecule has 0 spiro atoms. The first-order valence-corrected chi connectivity index (χ1v) is 16.3. The number of hydrogen-bond acceptors (Lipinski definition) is 7. The van der Waals surface area contributed by atoms with Crippen LogP contribution in [-0.4, -0.2) is 67.6 Å². The third-order valence-electron chi connectivity index (χ3n) is 9.53. The third kappa shape index (κ3) is 6.69. The molecule has 236 valence electrons. The van der Waals surface area contributed by atoms with Gasteiger partial charge in [-0.1, -0.05) is 43.5 Å². The third-order valence-corrected chi connectivity index (χ3v) is 9.53. The maximum absolute atomic E-state index is 15.9. The molecule has 2 fully saturated rings. The first kappa shape index (κ1) is 30.7. The Kier molecular flexibility index (Phi) is 9.62. The second-order valence-electron chi connectivity index (χ2n) is 12.4. The molecule has 7 heterocycles. The zero-order valence-corrected chi connectivity index (χ0v) is 25.9. The van der Waals surface area contributed by atoms with Gasteiger partial charge in [-0.05, 0) is 76.0 Å². The lowest BCUT2D eigenvalue weighted by Gasteiger charge is -2.36. The monoisotopic (exact) mass is 605 g/mol. The fourth-order valence-electron chi connectivity index (χ4n) is 6.84. The van der Waals surface area contributed by atoms with E-state index in [1.54, 1.807) is 24.3 Å². The van der Waals surface area contributed by atoms with Gasteiger partial charge in [-0.25, -0.2) is 8.78 Å². The molecule has 0 saturated carbocycles. The number of nitrogens with one attached hydrogen (secondary N) is 1. The summed E-state index contributed by atoms with van der Waals surface area (Å²) in [6.45, 7) is 12.0. The molecule has 1 atom stereocenters. The number of rotatable bonds is 2. The van der Waals surface area contributed by atoms with Gasteiger partial charge in [0.2, 0.25) is 0 Å². The number of morpholine rings is 1. The fourth-order valence-corrected chi connectivity index (χ4v) is 6.84. The van der Waals surface area contributed by atoms with Crippen LogP contribution in [0.1, 0.15) is 67.8 Å². The van der Waals surface area contributed by atoms with E-state index < -0.39 is 17.9 Å². The standard InChI is InChI=1S/C35H45F2N5O2/c1-3-31-26-10-9-11-28(22-26)35(36,37)27-12-15-41(16-13-27)14-7-5-4-6-8-19-44-33-24-29-25(2)39-40-34(38-31)30(29)23-32(33)42-17-20-43-21-18-42/h3,9-11,22-24,27,31H,1,4-8,12-21H2,2H3,(H,38,40)/t31-/m1/s1. The number of halogens is 2. The largest absolute Gasteiger partial charge is 0.491 e. The average molecular weight is 606 g/mol. The first-order chi connectivity index (χ1) is 21.4. The van der Waals surface area contributed by atoms with Gasteiger partial charge in [-0.2, -0.15) is 5.10 Å². The number of aryl methyl sites for hydroxylation is 1. The lowest BCUT2D eigenvalue weighted by molar-refractivity contribution is -0.0855. The second kappa shape index (κ2) is 13.8. The summed E-state index contributed by atoms with van der Waals surface area (Å²) in [5.41, 5.74) is 2.60. The molecule has 2 saturated heterocycles. The SMILES string of the molecule is C=C[C@H]1Nc2nnc(C)c3cc(c(N4CCOCC4)cc23)OCCCCCCCN2CCC(CC2)C(F)(F)c2cccc1c2. The molecular formula is C35H45F2N5O2. The summed E-state index contributed by atoms with van der Waals surface area (Å²) in [6.07, 6.45) is 8.26. The van der Waals surface area contributed by atoms with Crippen molar-refractivity contribution in [3.8, 4) is 5.75 Å². The molecule has 1 N–H and O–H groups in total. The van der Waals surface area contributed by atoms with E-state index in [0.29, 0.717) is 38.5 Å². The summed E-state index contributed by atoms with van der Waals surface area (Å²) < 4.78 is 44.0. The van der Waals surface area contributed by atoms with Crippen molar-refractivity contribution in [1.29, 1.82) is 0 Å². The Morgan fingerprint density at radius 3 is 2.48 bits per heavy atom. The smallest absolute Gasteiger partial charge is 0.276 e. The van der Waals surface area contributed by atoms with E-state index in [4.69, 9.17) is 9.47 Å². The number of anilines is 2. The average Bonchev–Trinajstić information content (AvgIpc) is 3.06. The summed E-state index contributed by atoms with van der Waals surface area (Å²) in [4.78, 5) is 4.67. The Bertz CT molecular complexity index is 1440.